The Morgan fingerprint density at radius 2 is 1.90 bits per heavy atom. The summed E-state index contributed by atoms with van der Waals surface area (Å²) in [6.07, 6.45) is 0.0108. The number of rotatable bonds is 3. The topological polar surface area (TPSA) is 78.9 Å². The van der Waals surface area contributed by atoms with Crippen molar-refractivity contribution in [2.75, 3.05) is 13.1 Å². The summed E-state index contributed by atoms with van der Waals surface area (Å²) < 4.78 is 5.58. The Morgan fingerprint density at radius 1 is 1.29 bits per heavy atom. The third-order valence-electron chi connectivity index (χ3n) is 3.38. The molecule has 6 heteroatoms. The van der Waals surface area contributed by atoms with E-state index < -0.39 is 5.97 Å². The molecule has 1 heterocycles. The van der Waals surface area contributed by atoms with Crippen LogP contribution in [0.1, 0.15) is 29.8 Å². The molecule has 1 aliphatic heterocycles. The predicted molar refractivity (Wildman–Crippen MR) is 77.2 cm³/mol. The Bertz CT molecular complexity index is 522. The Kier molecular flexibility index (Phi) is 4.80. The fourth-order valence-corrected chi connectivity index (χ4v) is 2.51. The molecule has 2 rings (SSSR count). The van der Waals surface area contributed by atoms with Crippen LogP contribution in [0, 0.1) is 0 Å². The van der Waals surface area contributed by atoms with Gasteiger partial charge in [0.25, 0.3) is 0 Å². The summed E-state index contributed by atoms with van der Waals surface area (Å²) in [5.41, 5.74) is 0.800. The van der Waals surface area contributed by atoms with Gasteiger partial charge in [0.15, 0.2) is 0 Å². The monoisotopic (exact) mass is 292 g/mol. The van der Waals surface area contributed by atoms with E-state index >= 15 is 0 Å². The highest BCUT2D eigenvalue weighted by atomic mass is 16.5. The summed E-state index contributed by atoms with van der Waals surface area (Å²) in [4.78, 5) is 25.0. The van der Waals surface area contributed by atoms with Gasteiger partial charge in [-0.15, -0.1) is 0 Å². The van der Waals surface area contributed by atoms with Crippen molar-refractivity contribution in [2.24, 2.45) is 0 Å². The summed E-state index contributed by atoms with van der Waals surface area (Å²) >= 11 is 0. The number of carbonyl (C=O) groups excluding carboxylic acids is 1. The molecule has 1 aromatic carbocycles. The molecule has 2 N–H and O–H groups in total. The van der Waals surface area contributed by atoms with E-state index in [4.69, 9.17) is 9.84 Å². The highest BCUT2D eigenvalue weighted by Gasteiger charge is 2.25. The van der Waals surface area contributed by atoms with Crippen LogP contribution in [0.4, 0.5) is 4.79 Å². The molecule has 0 aliphatic carbocycles. The van der Waals surface area contributed by atoms with E-state index in [0.717, 1.165) is 0 Å². The molecule has 1 saturated heterocycles. The summed E-state index contributed by atoms with van der Waals surface area (Å²) in [7, 11) is 0. The minimum Gasteiger partial charge on any atom is -0.478 e. The molecule has 2 amide bonds. The van der Waals surface area contributed by atoms with Gasteiger partial charge in [0, 0.05) is 19.6 Å². The van der Waals surface area contributed by atoms with E-state index in [9.17, 15) is 9.59 Å². The minimum absolute atomic E-state index is 0.00538. The molecule has 0 spiro atoms. The molecule has 6 nitrogen and oxygen atoms in total. The average molecular weight is 292 g/mol. The molecular weight excluding hydrogens is 272 g/mol. The first-order valence-corrected chi connectivity index (χ1v) is 6.96. The zero-order valence-electron chi connectivity index (χ0n) is 12.2. The fourth-order valence-electron chi connectivity index (χ4n) is 2.51. The van der Waals surface area contributed by atoms with Gasteiger partial charge in [0.05, 0.1) is 17.8 Å². The molecule has 1 fully saturated rings. The Hall–Kier alpha value is -2.08. The summed E-state index contributed by atoms with van der Waals surface area (Å²) in [6, 6.07) is 6.46. The van der Waals surface area contributed by atoms with Crippen LogP contribution in [0.15, 0.2) is 24.3 Å². The standard InChI is InChI=1S/C15H20N2O4/c1-10-8-17(9-11(2)21-10)15(20)16-7-12-5-3-4-6-13(12)14(18)19/h3-6,10-11H,7-9H2,1-2H3,(H,16,20)(H,18,19)/t10-,11+. The van der Waals surface area contributed by atoms with Crippen LogP contribution >= 0.6 is 0 Å². The van der Waals surface area contributed by atoms with Crippen molar-refractivity contribution < 1.29 is 19.4 Å². The number of aromatic carboxylic acids is 1. The number of nitrogens with zero attached hydrogens (tertiary/aromatic N) is 1. The second-order valence-electron chi connectivity index (χ2n) is 5.28. The summed E-state index contributed by atoms with van der Waals surface area (Å²) in [5.74, 6) is -0.992. The third-order valence-corrected chi connectivity index (χ3v) is 3.38. The maximum absolute atomic E-state index is 12.2. The number of morpholine rings is 1. The highest BCUT2D eigenvalue weighted by molar-refractivity contribution is 5.89. The number of carboxylic acids is 1. The van der Waals surface area contributed by atoms with Crippen LogP contribution in [0.5, 0.6) is 0 Å². The van der Waals surface area contributed by atoms with E-state index in [0.29, 0.717) is 18.7 Å². The zero-order chi connectivity index (χ0) is 15.4. The van der Waals surface area contributed by atoms with Crippen molar-refractivity contribution in [3.8, 4) is 0 Å². The zero-order valence-corrected chi connectivity index (χ0v) is 12.2. The molecule has 1 aromatic rings. The van der Waals surface area contributed by atoms with Gasteiger partial charge in [-0.3, -0.25) is 0 Å². The van der Waals surface area contributed by atoms with Crippen LogP contribution in [0.3, 0.4) is 0 Å². The predicted octanol–water partition coefficient (Wildman–Crippen LogP) is 1.70. The van der Waals surface area contributed by atoms with Gasteiger partial charge >= 0.3 is 12.0 Å². The minimum atomic E-state index is -0.992. The van der Waals surface area contributed by atoms with Crippen molar-refractivity contribution >= 4 is 12.0 Å². The summed E-state index contributed by atoms with van der Waals surface area (Å²) in [6.45, 7) is 5.13. The van der Waals surface area contributed by atoms with E-state index in [1.54, 1.807) is 23.1 Å². The molecule has 1 aliphatic rings. The number of nitrogens with one attached hydrogen (secondary N) is 1. The third kappa shape index (κ3) is 3.95. The first kappa shape index (κ1) is 15.3. The van der Waals surface area contributed by atoms with Crippen molar-refractivity contribution in [1.29, 1.82) is 0 Å². The van der Waals surface area contributed by atoms with Gasteiger partial charge in [-0.05, 0) is 25.5 Å². The number of ether oxygens (including phenoxy) is 1. The Morgan fingerprint density at radius 3 is 2.52 bits per heavy atom. The van der Waals surface area contributed by atoms with E-state index in [1.807, 2.05) is 13.8 Å². The number of hydrogen-bond donors (Lipinski definition) is 2. The number of benzene rings is 1. The SMILES string of the molecule is C[C@@H]1CN(C(=O)NCc2ccccc2C(=O)O)C[C@H](C)O1. The van der Waals surface area contributed by atoms with Crippen LogP contribution < -0.4 is 5.32 Å². The molecule has 21 heavy (non-hydrogen) atoms. The molecule has 0 unspecified atom stereocenters. The lowest BCUT2D eigenvalue weighted by molar-refractivity contribution is -0.0545. The number of urea groups is 1. The Balaban J connectivity index is 1.97. The van der Waals surface area contributed by atoms with Crippen LogP contribution in [0.25, 0.3) is 0 Å². The van der Waals surface area contributed by atoms with Gasteiger partial charge in [0.2, 0.25) is 0 Å². The largest absolute Gasteiger partial charge is 0.478 e. The second kappa shape index (κ2) is 6.58. The average Bonchev–Trinajstić information content (AvgIpc) is 2.43. The van der Waals surface area contributed by atoms with Gasteiger partial charge in [0.1, 0.15) is 0 Å². The lowest BCUT2D eigenvalue weighted by atomic mass is 10.1. The highest BCUT2D eigenvalue weighted by Crippen LogP contribution is 2.12. The fraction of sp³-hybridized carbons (Fsp3) is 0.467. The maximum Gasteiger partial charge on any atom is 0.336 e. The van der Waals surface area contributed by atoms with E-state index in [-0.39, 0.29) is 30.3 Å². The van der Waals surface area contributed by atoms with Crippen molar-refractivity contribution in [3.05, 3.63) is 35.4 Å². The number of amides is 2. The second-order valence-corrected chi connectivity index (χ2v) is 5.28. The van der Waals surface area contributed by atoms with E-state index in [1.165, 1.54) is 6.07 Å². The molecule has 2 atom stereocenters. The van der Waals surface area contributed by atoms with Crippen LogP contribution in [-0.2, 0) is 11.3 Å². The first-order valence-electron chi connectivity index (χ1n) is 6.96. The summed E-state index contributed by atoms with van der Waals surface area (Å²) in [5, 5.41) is 11.9. The number of hydrogen-bond acceptors (Lipinski definition) is 3. The smallest absolute Gasteiger partial charge is 0.336 e. The van der Waals surface area contributed by atoms with Crippen molar-refractivity contribution in [1.82, 2.24) is 10.2 Å². The molecule has 114 valence electrons. The number of carboxylic acid groups (broad SMARTS) is 1. The molecule has 0 saturated carbocycles. The first-order chi connectivity index (χ1) is 9.97. The number of carbonyl (C=O) groups is 2. The molecular formula is C15H20N2O4. The lowest BCUT2D eigenvalue weighted by Gasteiger charge is -2.35. The maximum atomic E-state index is 12.2. The van der Waals surface area contributed by atoms with Gasteiger partial charge in [-0.2, -0.15) is 0 Å². The van der Waals surface area contributed by atoms with Crippen molar-refractivity contribution in [3.63, 3.8) is 0 Å². The van der Waals surface area contributed by atoms with Gasteiger partial charge in [-0.25, -0.2) is 9.59 Å². The quantitative estimate of drug-likeness (QED) is 0.889. The van der Waals surface area contributed by atoms with Crippen molar-refractivity contribution in [2.45, 2.75) is 32.6 Å². The normalized spacial score (nSPS) is 21.9. The van der Waals surface area contributed by atoms with Gasteiger partial charge in [-0.1, -0.05) is 18.2 Å². The van der Waals surface area contributed by atoms with Gasteiger partial charge < -0.3 is 20.1 Å². The molecule has 0 radical (unpaired) electrons. The molecule has 0 bridgehead atoms. The van der Waals surface area contributed by atoms with Crippen LogP contribution in [-0.4, -0.2) is 47.3 Å². The lowest BCUT2D eigenvalue weighted by Crippen LogP contribution is -2.51. The Labute approximate surface area is 123 Å². The molecule has 0 aromatic heterocycles. The van der Waals surface area contributed by atoms with Crippen LogP contribution in [0.2, 0.25) is 0 Å². The van der Waals surface area contributed by atoms with E-state index in [2.05, 4.69) is 5.32 Å².